The summed E-state index contributed by atoms with van der Waals surface area (Å²) in [7, 11) is 1.62. The van der Waals surface area contributed by atoms with Gasteiger partial charge in [0, 0.05) is 31.5 Å². The van der Waals surface area contributed by atoms with Crippen molar-refractivity contribution in [1.82, 2.24) is 10.2 Å². The second kappa shape index (κ2) is 8.88. The number of carbonyl (C=O) groups excluding carboxylic acids is 2. The molecular weight excluding hydrogens is 396 g/mol. The Morgan fingerprint density at radius 1 is 1.13 bits per heavy atom. The van der Waals surface area contributed by atoms with Gasteiger partial charge >= 0.3 is 0 Å². The van der Waals surface area contributed by atoms with Crippen molar-refractivity contribution in [3.05, 3.63) is 53.6 Å². The maximum Gasteiger partial charge on any atom is 0.231 e. The number of fused-ring (bicyclic) bond motifs is 1. The third-order valence-corrected chi connectivity index (χ3v) is 5.90. The van der Waals surface area contributed by atoms with Crippen LogP contribution in [0, 0.1) is 11.8 Å². The number of benzene rings is 2. The molecule has 0 aliphatic carbocycles. The monoisotopic (exact) mass is 424 g/mol. The van der Waals surface area contributed by atoms with Crippen molar-refractivity contribution in [1.29, 1.82) is 0 Å². The van der Waals surface area contributed by atoms with Crippen LogP contribution in [0.15, 0.2) is 42.5 Å². The van der Waals surface area contributed by atoms with Crippen LogP contribution >= 0.6 is 0 Å². The molecule has 2 atom stereocenters. The number of likely N-dealkylation sites (tertiary alicyclic amines) is 1. The van der Waals surface area contributed by atoms with Gasteiger partial charge in [-0.1, -0.05) is 38.1 Å². The van der Waals surface area contributed by atoms with E-state index in [0.29, 0.717) is 31.1 Å². The zero-order chi connectivity index (χ0) is 22.0. The average molecular weight is 424 g/mol. The van der Waals surface area contributed by atoms with Gasteiger partial charge in [-0.2, -0.15) is 0 Å². The molecule has 0 bridgehead atoms. The summed E-state index contributed by atoms with van der Waals surface area (Å²) in [6, 6.07) is 13.3. The van der Waals surface area contributed by atoms with Gasteiger partial charge in [-0.05, 0) is 29.3 Å². The molecule has 1 saturated heterocycles. The first-order valence-electron chi connectivity index (χ1n) is 10.6. The molecule has 7 nitrogen and oxygen atoms in total. The van der Waals surface area contributed by atoms with Gasteiger partial charge in [0.15, 0.2) is 11.5 Å². The van der Waals surface area contributed by atoms with Gasteiger partial charge in [0.1, 0.15) is 5.75 Å². The van der Waals surface area contributed by atoms with E-state index in [9.17, 15) is 9.59 Å². The van der Waals surface area contributed by atoms with Crippen molar-refractivity contribution in [2.24, 2.45) is 11.8 Å². The number of nitrogens with zero attached hydrogens (tertiary/aromatic N) is 1. The van der Waals surface area contributed by atoms with E-state index in [1.807, 2.05) is 56.3 Å². The van der Waals surface area contributed by atoms with Crippen molar-refractivity contribution in [3.8, 4) is 17.2 Å². The van der Waals surface area contributed by atoms with Crippen LogP contribution in [-0.2, 0) is 16.1 Å². The quantitative estimate of drug-likeness (QED) is 0.772. The van der Waals surface area contributed by atoms with Crippen molar-refractivity contribution in [3.63, 3.8) is 0 Å². The fourth-order valence-corrected chi connectivity index (χ4v) is 4.27. The summed E-state index contributed by atoms with van der Waals surface area (Å²) in [6.45, 7) is 5.25. The first kappa shape index (κ1) is 21.0. The molecule has 164 valence electrons. The number of amides is 2. The molecule has 2 aromatic rings. The molecular formula is C24H28N2O5. The predicted molar refractivity (Wildman–Crippen MR) is 115 cm³/mol. The number of methoxy groups -OCH3 is 1. The Morgan fingerprint density at radius 2 is 1.90 bits per heavy atom. The molecule has 1 fully saturated rings. The molecule has 0 spiro atoms. The van der Waals surface area contributed by atoms with Crippen LogP contribution in [0.2, 0.25) is 0 Å². The number of carbonyl (C=O) groups is 2. The van der Waals surface area contributed by atoms with E-state index in [1.165, 1.54) is 0 Å². The first-order valence-corrected chi connectivity index (χ1v) is 10.6. The number of rotatable bonds is 6. The van der Waals surface area contributed by atoms with Crippen LogP contribution < -0.4 is 19.5 Å². The molecule has 0 radical (unpaired) electrons. The third kappa shape index (κ3) is 4.31. The Morgan fingerprint density at radius 3 is 2.68 bits per heavy atom. The van der Waals surface area contributed by atoms with Gasteiger partial charge in [0.25, 0.3) is 0 Å². The SMILES string of the molecule is COc1ccccc1C1CN(C(=O)C(C)C)CC1C(=O)NCc1ccc2c(c1)OCO2. The van der Waals surface area contributed by atoms with Crippen LogP contribution in [0.3, 0.4) is 0 Å². The Bertz CT molecular complexity index is 974. The molecule has 0 aromatic heterocycles. The summed E-state index contributed by atoms with van der Waals surface area (Å²) in [4.78, 5) is 27.7. The zero-order valence-corrected chi connectivity index (χ0v) is 18.1. The van der Waals surface area contributed by atoms with E-state index in [4.69, 9.17) is 14.2 Å². The lowest BCUT2D eigenvalue weighted by Gasteiger charge is -2.20. The van der Waals surface area contributed by atoms with E-state index in [2.05, 4.69) is 5.32 Å². The van der Waals surface area contributed by atoms with Gasteiger partial charge in [-0.15, -0.1) is 0 Å². The smallest absolute Gasteiger partial charge is 0.231 e. The summed E-state index contributed by atoms with van der Waals surface area (Å²) in [5.41, 5.74) is 1.88. The topological polar surface area (TPSA) is 77.1 Å². The number of ether oxygens (including phenoxy) is 3. The third-order valence-electron chi connectivity index (χ3n) is 5.90. The van der Waals surface area contributed by atoms with Crippen molar-refractivity contribution in [2.45, 2.75) is 26.3 Å². The highest BCUT2D eigenvalue weighted by Gasteiger charge is 2.41. The number of hydrogen-bond donors (Lipinski definition) is 1. The Kier molecular flexibility index (Phi) is 6.02. The number of para-hydroxylation sites is 1. The lowest BCUT2D eigenvalue weighted by Crippen LogP contribution is -2.36. The Labute approximate surface area is 182 Å². The predicted octanol–water partition coefficient (Wildman–Crippen LogP) is 2.94. The van der Waals surface area contributed by atoms with Gasteiger partial charge in [-0.25, -0.2) is 0 Å². The molecule has 4 rings (SSSR count). The fraction of sp³-hybridized carbons (Fsp3) is 0.417. The highest BCUT2D eigenvalue weighted by molar-refractivity contribution is 5.84. The molecule has 7 heteroatoms. The summed E-state index contributed by atoms with van der Waals surface area (Å²) in [5.74, 6) is 1.52. The first-order chi connectivity index (χ1) is 15.0. The summed E-state index contributed by atoms with van der Waals surface area (Å²) in [6.07, 6.45) is 0. The zero-order valence-electron chi connectivity index (χ0n) is 18.1. The molecule has 2 heterocycles. The normalized spacial score (nSPS) is 19.5. The average Bonchev–Trinajstić information content (AvgIpc) is 3.43. The molecule has 0 saturated carbocycles. The summed E-state index contributed by atoms with van der Waals surface area (Å²) < 4.78 is 16.3. The van der Waals surface area contributed by atoms with E-state index < -0.39 is 0 Å². The molecule has 2 unspecified atom stereocenters. The largest absolute Gasteiger partial charge is 0.496 e. The minimum atomic E-state index is -0.354. The van der Waals surface area contributed by atoms with Gasteiger partial charge in [0.2, 0.25) is 18.6 Å². The molecule has 2 aromatic carbocycles. The molecule has 2 aliphatic rings. The molecule has 1 N–H and O–H groups in total. The van der Waals surface area contributed by atoms with Gasteiger partial charge in [-0.3, -0.25) is 9.59 Å². The Balaban J connectivity index is 1.52. The maximum atomic E-state index is 13.2. The van der Waals surface area contributed by atoms with Gasteiger partial charge < -0.3 is 24.4 Å². The molecule has 2 aliphatic heterocycles. The van der Waals surface area contributed by atoms with Crippen LogP contribution in [0.1, 0.15) is 30.9 Å². The number of nitrogens with one attached hydrogen (secondary N) is 1. The summed E-state index contributed by atoms with van der Waals surface area (Å²) >= 11 is 0. The van der Waals surface area contributed by atoms with E-state index in [1.54, 1.807) is 12.0 Å². The fourth-order valence-electron chi connectivity index (χ4n) is 4.27. The van der Waals surface area contributed by atoms with E-state index in [-0.39, 0.29) is 36.4 Å². The second-order valence-electron chi connectivity index (χ2n) is 8.26. The van der Waals surface area contributed by atoms with Crippen molar-refractivity contribution >= 4 is 11.8 Å². The number of hydrogen-bond acceptors (Lipinski definition) is 5. The minimum Gasteiger partial charge on any atom is -0.496 e. The Hall–Kier alpha value is -3.22. The van der Waals surface area contributed by atoms with Crippen LogP contribution in [0.25, 0.3) is 0 Å². The van der Waals surface area contributed by atoms with E-state index >= 15 is 0 Å². The highest BCUT2D eigenvalue weighted by Crippen LogP contribution is 2.38. The second-order valence-corrected chi connectivity index (χ2v) is 8.26. The molecule has 2 amide bonds. The maximum absolute atomic E-state index is 13.2. The van der Waals surface area contributed by atoms with E-state index in [0.717, 1.165) is 16.9 Å². The standard InChI is InChI=1S/C24H28N2O5/c1-15(2)24(28)26-12-18(17-6-4-5-7-20(17)29-3)19(13-26)23(27)25-11-16-8-9-21-22(10-16)31-14-30-21/h4-10,15,18-19H,11-14H2,1-3H3,(H,25,27). The van der Waals surface area contributed by atoms with Gasteiger partial charge in [0.05, 0.1) is 13.0 Å². The van der Waals surface area contributed by atoms with Crippen molar-refractivity contribution in [2.75, 3.05) is 27.0 Å². The lowest BCUT2D eigenvalue weighted by atomic mass is 9.87. The van der Waals surface area contributed by atoms with Crippen molar-refractivity contribution < 1.29 is 23.8 Å². The van der Waals surface area contributed by atoms with Crippen LogP contribution in [0.4, 0.5) is 0 Å². The molecule has 31 heavy (non-hydrogen) atoms. The highest BCUT2D eigenvalue weighted by atomic mass is 16.7. The van der Waals surface area contributed by atoms with Crippen LogP contribution in [0.5, 0.6) is 17.2 Å². The minimum absolute atomic E-state index is 0.0611. The van der Waals surface area contributed by atoms with Crippen LogP contribution in [-0.4, -0.2) is 43.7 Å². The summed E-state index contributed by atoms with van der Waals surface area (Å²) in [5, 5.41) is 3.04. The lowest BCUT2D eigenvalue weighted by molar-refractivity contribution is -0.133.